The number of nitrogens with one attached hydrogen (secondary N) is 1. The van der Waals surface area contributed by atoms with E-state index in [-0.39, 0.29) is 36.7 Å². The minimum Gasteiger partial charge on any atom is -0.341 e. The van der Waals surface area contributed by atoms with E-state index >= 15 is 0 Å². The third-order valence-corrected chi connectivity index (χ3v) is 5.68. The Morgan fingerprint density at radius 3 is 2.16 bits per heavy atom. The lowest BCUT2D eigenvalue weighted by molar-refractivity contribution is -0.138. The van der Waals surface area contributed by atoms with Gasteiger partial charge in [-0.3, -0.25) is 24.2 Å². The Hall–Kier alpha value is -3.68. The number of nitrogens with zero attached hydrogens (tertiary/aromatic N) is 3. The molecule has 2 aliphatic rings. The molecule has 0 aliphatic carbocycles. The van der Waals surface area contributed by atoms with E-state index in [0.717, 1.165) is 10.6 Å². The molecule has 0 aromatic heterocycles. The van der Waals surface area contributed by atoms with Crippen LogP contribution in [0.1, 0.15) is 12.8 Å². The average Bonchev–Trinajstić information content (AvgIpc) is 3.08. The van der Waals surface area contributed by atoms with Crippen LogP contribution in [0.5, 0.6) is 0 Å². The molecule has 8 heteroatoms. The van der Waals surface area contributed by atoms with Gasteiger partial charge in [0, 0.05) is 30.4 Å². The van der Waals surface area contributed by atoms with Crippen molar-refractivity contribution in [1.82, 2.24) is 9.80 Å². The first-order chi connectivity index (χ1) is 15.0. The van der Waals surface area contributed by atoms with Crippen molar-refractivity contribution in [2.75, 3.05) is 36.4 Å². The number of likely N-dealkylation sites (tertiary alicyclic amines) is 1. The second kappa shape index (κ2) is 8.99. The zero-order valence-electron chi connectivity index (χ0n) is 17.1. The van der Waals surface area contributed by atoms with Gasteiger partial charge in [-0.1, -0.05) is 36.4 Å². The molecule has 4 rings (SSSR count). The van der Waals surface area contributed by atoms with E-state index in [9.17, 15) is 19.2 Å². The highest BCUT2D eigenvalue weighted by molar-refractivity contribution is 6.13. The topological polar surface area (TPSA) is 90.0 Å². The van der Waals surface area contributed by atoms with Gasteiger partial charge < -0.3 is 10.2 Å². The number of hydrogen-bond donors (Lipinski definition) is 1. The van der Waals surface area contributed by atoms with Gasteiger partial charge in [-0.25, -0.2) is 4.79 Å². The van der Waals surface area contributed by atoms with Gasteiger partial charge in [0.25, 0.3) is 5.91 Å². The van der Waals surface area contributed by atoms with Crippen molar-refractivity contribution in [3.05, 3.63) is 60.7 Å². The van der Waals surface area contributed by atoms with Gasteiger partial charge in [0.2, 0.25) is 11.8 Å². The Labute approximate surface area is 180 Å². The smallest absolute Gasteiger partial charge is 0.332 e. The van der Waals surface area contributed by atoms with Crippen LogP contribution in [0.15, 0.2) is 60.7 Å². The maximum absolute atomic E-state index is 12.7. The van der Waals surface area contributed by atoms with Crippen molar-refractivity contribution in [3.63, 3.8) is 0 Å². The van der Waals surface area contributed by atoms with Gasteiger partial charge in [0.05, 0.1) is 0 Å². The first-order valence-corrected chi connectivity index (χ1v) is 10.3. The molecular weight excluding hydrogens is 396 g/mol. The van der Waals surface area contributed by atoms with Crippen LogP contribution >= 0.6 is 0 Å². The minimum absolute atomic E-state index is 0.0540. The van der Waals surface area contributed by atoms with E-state index in [1.165, 1.54) is 4.90 Å². The molecule has 1 N–H and O–H groups in total. The maximum atomic E-state index is 12.7. The lowest BCUT2D eigenvalue weighted by atomic mass is 9.95. The Bertz CT molecular complexity index is 972. The van der Waals surface area contributed by atoms with Crippen molar-refractivity contribution in [2.24, 2.45) is 5.92 Å². The lowest BCUT2D eigenvalue weighted by Crippen LogP contribution is -2.47. The molecular formula is C23H24N4O4. The standard InChI is InChI=1S/C23H24N4O4/c28-20(15-27-21(29)16-26(23(27)31)19-9-5-2-6-10-19)25-13-11-17(12-14-25)22(30)24-18-7-3-1-4-8-18/h1-10,17H,11-16H2,(H,24,30). The predicted octanol–water partition coefficient (Wildman–Crippen LogP) is 2.33. The SMILES string of the molecule is O=C(Nc1ccccc1)C1CCN(C(=O)CN2C(=O)CN(c3ccccc3)C2=O)CC1. The van der Waals surface area contributed by atoms with Gasteiger partial charge in [0.15, 0.2) is 0 Å². The number of urea groups is 1. The highest BCUT2D eigenvalue weighted by Crippen LogP contribution is 2.22. The maximum Gasteiger partial charge on any atom is 0.332 e. The molecule has 0 saturated carbocycles. The summed E-state index contributed by atoms with van der Waals surface area (Å²) in [6, 6.07) is 17.7. The molecule has 0 radical (unpaired) electrons. The number of hydrogen-bond acceptors (Lipinski definition) is 4. The molecule has 160 valence electrons. The van der Waals surface area contributed by atoms with Crippen LogP contribution in [-0.4, -0.2) is 59.7 Å². The highest BCUT2D eigenvalue weighted by atomic mass is 16.2. The van der Waals surface area contributed by atoms with Gasteiger partial charge in [-0.05, 0) is 37.1 Å². The Kier molecular flexibility index (Phi) is 5.97. The molecule has 2 fully saturated rings. The lowest BCUT2D eigenvalue weighted by Gasteiger charge is -2.32. The van der Waals surface area contributed by atoms with Crippen molar-refractivity contribution in [2.45, 2.75) is 12.8 Å². The van der Waals surface area contributed by atoms with E-state index < -0.39 is 6.03 Å². The second-order valence-corrected chi connectivity index (χ2v) is 7.69. The highest BCUT2D eigenvalue weighted by Gasteiger charge is 2.39. The molecule has 2 saturated heterocycles. The molecule has 2 aromatic carbocycles. The van der Waals surface area contributed by atoms with Crippen molar-refractivity contribution in [1.29, 1.82) is 0 Å². The van der Waals surface area contributed by atoms with Crippen LogP contribution in [0.4, 0.5) is 16.2 Å². The van der Waals surface area contributed by atoms with E-state index in [0.29, 0.717) is 31.6 Å². The zero-order valence-corrected chi connectivity index (χ0v) is 17.1. The zero-order chi connectivity index (χ0) is 21.8. The molecule has 0 spiro atoms. The number of rotatable bonds is 5. The van der Waals surface area contributed by atoms with Crippen LogP contribution in [0.3, 0.4) is 0 Å². The quantitative estimate of drug-likeness (QED) is 0.752. The number of para-hydroxylation sites is 2. The monoisotopic (exact) mass is 420 g/mol. The molecule has 31 heavy (non-hydrogen) atoms. The van der Waals surface area contributed by atoms with Crippen molar-refractivity contribution in [3.8, 4) is 0 Å². The molecule has 5 amide bonds. The van der Waals surface area contributed by atoms with E-state index in [4.69, 9.17) is 0 Å². The third kappa shape index (κ3) is 4.58. The number of piperidine rings is 1. The second-order valence-electron chi connectivity index (χ2n) is 7.69. The fraction of sp³-hybridized carbons (Fsp3) is 0.304. The Morgan fingerprint density at radius 2 is 1.52 bits per heavy atom. The third-order valence-electron chi connectivity index (χ3n) is 5.68. The minimum atomic E-state index is -0.485. The fourth-order valence-corrected chi connectivity index (χ4v) is 3.90. The number of carbonyl (C=O) groups excluding carboxylic acids is 4. The van der Waals surface area contributed by atoms with Gasteiger partial charge in [0.1, 0.15) is 13.1 Å². The fourth-order valence-electron chi connectivity index (χ4n) is 3.90. The Morgan fingerprint density at radius 1 is 0.903 bits per heavy atom. The summed E-state index contributed by atoms with van der Waals surface area (Å²) in [5.74, 6) is -0.896. The normalized spacial score (nSPS) is 17.2. The summed E-state index contributed by atoms with van der Waals surface area (Å²) in [5, 5.41) is 2.90. The van der Waals surface area contributed by atoms with Crippen LogP contribution in [-0.2, 0) is 14.4 Å². The van der Waals surface area contributed by atoms with E-state index in [1.807, 2.05) is 36.4 Å². The number of imide groups is 1. The van der Waals surface area contributed by atoms with E-state index in [2.05, 4.69) is 5.32 Å². The van der Waals surface area contributed by atoms with Crippen LogP contribution in [0, 0.1) is 5.92 Å². The van der Waals surface area contributed by atoms with E-state index in [1.54, 1.807) is 29.2 Å². The summed E-state index contributed by atoms with van der Waals surface area (Å²) in [7, 11) is 0. The molecule has 0 atom stereocenters. The van der Waals surface area contributed by atoms with Crippen molar-refractivity contribution < 1.29 is 19.2 Å². The molecule has 2 aromatic rings. The largest absolute Gasteiger partial charge is 0.341 e. The Balaban J connectivity index is 1.29. The summed E-state index contributed by atoms with van der Waals surface area (Å²) in [4.78, 5) is 54.2. The van der Waals surface area contributed by atoms with Crippen LogP contribution < -0.4 is 10.2 Å². The summed E-state index contributed by atoms with van der Waals surface area (Å²) in [5.41, 5.74) is 1.38. The van der Waals surface area contributed by atoms with Crippen LogP contribution in [0.25, 0.3) is 0 Å². The first kappa shape index (κ1) is 20.6. The number of amides is 5. The molecule has 0 unspecified atom stereocenters. The van der Waals surface area contributed by atoms with Gasteiger partial charge in [-0.2, -0.15) is 0 Å². The van der Waals surface area contributed by atoms with Crippen molar-refractivity contribution >= 4 is 35.1 Å². The van der Waals surface area contributed by atoms with Crippen LogP contribution in [0.2, 0.25) is 0 Å². The molecule has 0 bridgehead atoms. The molecule has 8 nitrogen and oxygen atoms in total. The first-order valence-electron chi connectivity index (χ1n) is 10.3. The molecule has 2 heterocycles. The van der Waals surface area contributed by atoms with Gasteiger partial charge >= 0.3 is 6.03 Å². The predicted molar refractivity (Wildman–Crippen MR) is 115 cm³/mol. The molecule has 2 aliphatic heterocycles. The summed E-state index contributed by atoms with van der Waals surface area (Å²) >= 11 is 0. The summed E-state index contributed by atoms with van der Waals surface area (Å²) in [6.45, 7) is 0.494. The summed E-state index contributed by atoms with van der Waals surface area (Å²) < 4.78 is 0. The average molecular weight is 420 g/mol. The number of benzene rings is 2. The number of anilines is 2. The number of carbonyl (C=O) groups is 4. The summed E-state index contributed by atoms with van der Waals surface area (Å²) in [6.07, 6.45) is 1.09. The van der Waals surface area contributed by atoms with Gasteiger partial charge in [-0.15, -0.1) is 0 Å².